The van der Waals surface area contributed by atoms with Crippen LogP contribution in [0, 0.1) is 11.3 Å². The highest BCUT2D eigenvalue weighted by atomic mass is 32.2. The molecule has 0 N–H and O–H groups in total. The summed E-state index contributed by atoms with van der Waals surface area (Å²) in [5.74, 6) is 1.77. The second kappa shape index (κ2) is 4.68. The molecule has 106 valence electrons. The van der Waals surface area contributed by atoms with Crippen molar-refractivity contribution >= 4 is 34.9 Å². The zero-order valence-electron chi connectivity index (χ0n) is 12.1. The lowest BCUT2D eigenvalue weighted by Gasteiger charge is -2.33. The number of rotatable bonds is 0. The lowest BCUT2D eigenvalue weighted by Crippen LogP contribution is -2.57. The first kappa shape index (κ1) is 12.9. The number of benzene rings is 3. The quantitative estimate of drug-likeness (QED) is 0.412. The van der Waals surface area contributed by atoms with Crippen LogP contribution >= 0.6 is 11.8 Å². The Bertz CT molecular complexity index is 997. The van der Waals surface area contributed by atoms with Gasteiger partial charge in [0.15, 0.2) is 0 Å². The highest BCUT2D eigenvalue weighted by Crippen LogP contribution is 2.38. The molecular weight excluding hydrogens is 301 g/mol. The van der Waals surface area contributed by atoms with Gasteiger partial charge in [0.25, 0.3) is 6.71 Å². The first-order chi connectivity index (χ1) is 11.4. The van der Waals surface area contributed by atoms with Crippen LogP contribution < -0.4 is 21.1 Å². The van der Waals surface area contributed by atoms with Crippen molar-refractivity contribution < 1.29 is 4.74 Å². The fourth-order valence-corrected chi connectivity index (χ4v) is 4.70. The molecule has 0 unspecified atom stereocenters. The van der Waals surface area contributed by atoms with Gasteiger partial charge >= 0.3 is 0 Å². The Morgan fingerprint density at radius 1 is 0.870 bits per heavy atom. The molecule has 0 bridgehead atoms. The van der Waals surface area contributed by atoms with Gasteiger partial charge in [-0.15, -0.1) is 0 Å². The Morgan fingerprint density at radius 3 is 2.52 bits per heavy atom. The van der Waals surface area contributed by atoms with Gasteiger partial charge < -0.3 is 4.74 Å². The average Bonchev–Trinajstić information content (AvgIpc) is 2.61. The summed E-state index contributed by atoms with van der Waals surface area (Å²) in [4.78, 5) is 2.25. The minimum atomic E-state index is 0.135. The average molecular weight is 311 g/mol. The summed E-state index contributed by atoms with van der Waals surface area (Å²) >= 11 is 1.67. The molecule has 3 aromatic rings. The van der Waals surface area contributed by atoms with Crippen molar-refractivity contribution in [2.24, 2.45) is 0 Å². The molecule has 0 radical (unpaired) electrons. The molecule has 0 fully saturated rings. The third-order valence-electron chi connectivity index (χ3n) is 4.46. The van der Waals surface area contributed by atoms with Crippen LogP contribution in [0.5, 0.6) is 11.5 Å². The van der Waals surface area contributed by atoms with Gasteiger partial charge in [-0.05, 0) is 35.2 Å². The molecule has 2 aliphatic rings. The van der Waals surface area contributed by atoms with Gasteiger partial charge in [-0.2, -0.15) is 5.26 Å². The summed E-state index contributed by atoms with van der Waals surface area (Å²) in [5, 5.41) is 9.50. The molecular formula is C19H10BNOS. The van der Waals surface area contributed by atoms with E-state index in [2.05, 4.69) is 36.4 Å². The number of ether oxygens (including phenoxy) is 1. The normalized spacial score (nSPS) is 13.3. The van der Waals surface area contributed by atoms with E-state index < -0.39 is 0 Å². The van der Waals surface area contributed by atoms with E-state index in [4.69, 9.17) is 4.74 Å². The topological polar surface area (TPSA) is 33.0 Å². The Kier molecular flexibility index (Phi) is 2.62. The van der Waals surface area contributed by atoms with Crippen molar-refractivity contribution in [3.05, 3.63) is 66.2 Å². The third kappa shape index (κ3) is 1.71. The standard InChI is InChI=1S/C19H10BNOS/c21-11-12-9-10-16-18-19(12)23-17-8-4-2-6-14(17)20(18)13-5-1-3-7-15(13)22-16/h1-10H. The van der Waals surface area contributed by atoms with Gasteiger partial charge in [0.2, 0.25) is 0 Å². The number of hydrogen-bond donors (Lipinski definition) is 0. The van der Waals surface area contributed by atoms with Gasteiger partial charge in [0.1, 0.15) is 17.6 Å². The molecule has 2 heterocycles. The molecule has 3 aromatic carbocycles. The molecule has 23 heavy (non-hydrogen) atoms. The fraction of sp³-hybridized carbons (Fsp3) is 0. The van der Waals surface area contributed by atoms with E-state index in [1.54, 1.807) is 11.8 Å². The lowest BCUT2D eigenvalue weighted by atomic mass is 9.35. The van der Waals surface area contributed by atoms with Crippen molar-refractivity contribution in [2.75, 3.05) is 0 Å². The number of hydrogen-bond acceptors (Lipinski definition) is 3. The number of fused-ring (bicyclic) bond motifs is 4. The third-order valence-corrected chi connectivity index (χ3v) is 5.69. The Balaban J connectivity index is 1.89. The molecule has 0 saturated heterocycles. The van der Waals surface area contributed by atoms with E-state index in [0.717, 1.165) is 27.4 Å². The second-order valence-corrected chi connectivity index (χ2v) is 6.73. The van der Waals surface area contributed by atoms with Gasteiger partial charge in [-0.1, -0.05) is 53.6 Å². The van der Waals surface area contributed by atoms with Crippen molar-refractivity contribution in [2.45, 2.75) is 9.79 Å². The summed E-state index contributed by atoms with van der Waals surface area (Å²) in [6.45, 7) is 0.135. The molecule has 5 rings (SSSR count). The Hall–Kier alpha value is -2.64. The predicted octanol–water partition coefficient (Wildman–Crippen LogP) is 2.64. The summed E-state index contributed by atoms with van der Waals surface area (Å²) in [6, 6.07) is 22.7. The summed E-state index contributed by atoms with van der Waals surface area (Å²) in [7, 11) is 0. The van der Waals surface area contributed by atoms with Crippen molar-refractivity contribution in [3.63, 3.8) is 0 Å². The van der Waals surface area contributed by atoms with Crippen LogP contribution in [-0.2, 0) is 0 Å². The smallest absolute Gasteiger partial charge is 0.253 e. The van der Waals surface area contributed by atoms with E-state index in [-0.39, 0.29) is 6.71 Å². The van der Waals surface area contributed by atoms with Gasteiger partial charge in [-0.3, -0.25) is 0 Å². The van der Waals surface area contributed by atoms with Crippen molar-refractivity contribution in [1.29, 1.82) is 5.26 Å². The molecule has 0 aliphatic carbocycles. The Morgan fingerprint density at radius 2 is 1.65 bits per heavy atom. The van der Waals surface area contributed by atoms with Gasteiger partial charge in [0, 0.05) is 9.79 Å². The van der Waals surface area contributed by atoms with Crippen molar-refractivity contribution in [1.82, 2.24) is 0 Å². The first-order valence-corrected chi connectivity index (χ1v) is 8.29. The predicted molar refractivity (Wildman–Crippen MR) is 92.9 cm³/mol. The van der Waals surface area contributed by atoms with Crippen LogP contribution in [0.25, 0.3) is 0 Å². The number of para-hydroxylation sites is 1. The van der Waals surface area contributed by atoms with Crippen LogP contribution in [-0.4, -0.2) is 6.71 Å². The maximum atomic E-state index is 9.50. The van der Waals surface area contributed by atoms with Gasteiger partial charge in [0.05, 0.1) is 5.56 Å². The highest BCUT2D eigenvalue weighted by molar-refractivity contribution is 8.00. The maximum absolute atomic E-state index is 9.50. The van der Waals surface area contributed by atoms with Crippen molar-refractivity contribution in [3.8, 4) is 17.6 Å². The highest BCUT2D eigenvalue weighted by Gasteiger charge is 2.39. The van der Waals surface area contributed by atoms with E-state index in [9.17, 15) is 5.26 Å². The molecule has 2 aliphatic heterocycles. The van der Waals surface area contributed by atoms with E-state index >= 15 is 0 Å². The summed E-state index contributed by atoms with van der Waals surface area (Å²) < 4.78 is 6.12. The van der Waals surface area contributed by atoms with E-state index in [0.29, 0.717) is 0 Å². The number of nitrogens with zero attached hydrogens (tertiary/aromatic N) is 1. The first-order valence-electron chi connectivity index (χ1n) is 7.47. The molecule has 0 amide bonds. The van der Waals surface area contributed by atoms with Crippen LogP contribution in [0.3, 0.4) is 0 Å². The van der Waals surface area contributed by atoms with Crippen LogP contribution in [0.1, 0.15) is 5.56 Å². The fourth-order valence-electron chi connectivity index (χ4n) is 3.47. The van der Waals surface area contributed by atoms with Gasteiger partial charge in [-0.25, -0.2) is 0 Å². The SMILES string of the molecule is N#Cc1ccc2c3c1Sc1ccccc1B3c1ccccc1O2. The molecule has 0 aromatic heterocycles. The molecule has 4 heteroatoms. The summed E-state index contributed by atoms with van der Waals surface area (Å²) in [6.07, 6.45) is 0. The van der Waals surface area contributed by atoms with Crippen LogP contribution in [0.15, 0.2) is 70.5 Å². The lowest BCUT2D eigenvalue weighted by molar-refractivity contribution is 0.486. The molecule has 0 atom stereocenters. The van der Waals surface area contributed by atoms with Crippen LogP contribution in [0.4, 0.5) is 0 Å². The van der Waals surface area contributed by atoms with E-state index in [1.807, 2.05) is 30.3 Å². The second-order valence-electron chi connectivity index (χ2n) is 5.68. The number of nitriles is 1. The molecule has 0 saturated carbocycles. The minimum Gasteiger partial charge on any atom is -0.458 e. The van der Waals surface area contributed by atoms with Crippen LogP contribution in [0.2, 0.25) is 0 Å². The minimum absolute atomic E-state index is 0.135. The monoisotopic (exact) mass is 311 g/mol. The zero-order valence-corrected chi connectivity index (χ0v) is 12.9. The zero-order chi connectivity index (χ0) is 15.4. The largest absolute Gasteiger partial charge is 0.458 e. The molecule has 2 nitrogen and oxygen atoms in total. The maximum Gasteiger partial charge on any atom is 0.253 e. The Labute approximate surface area is 138 Å². The summed E-state index contributed by atoms with van der Waals surface area (Å²) in [5.41, 5.74) is 4.31. The van der Waals surface area contributed by atoms with E-state index in [1.165, 1.54) is 15.8 Å². The molecule has 0 spiro atoms.